The first-order chi connectivity index (χ1) is 11.9. The van der Waals surface area contributed by atoms with Gasteiger partial charge >= 0.3 is 0 Å². The van der Waals surface area contributed by atoms with E-state index in [1.165, 1.54) is 6.07 Å². The van der Waals surface area contributed by atoms with Crippen molar-refractivity contribution in [3.05, 3.63) is 65.9 Å². The van der Waals surface area contributed by atoms with Gasteiger partial charge in [0.2, 0.25) is 10.0 Å². The van der Waals surface area contributed by atoms with E-state index in [0.29, 0.717) is 24.2 Å². The molecule has 0 aliphatic rings. The summed E-state index contributed by atoms with van der Waals surface area (Å²) >= 11 is 0. The van der Waals surface area contributed by atoms with Gasteiger partial charge in [-0.2, -0.15) is 0 Å². The van der Waals surface area contributed by atoms with Gasteiger partial charge in [0.15, 0.2) is 0 Å². The smallest absolute Gasteiger partial charge is 0.251 e. The first-order valence-corrected chi connectivity index (χ1v) is 9.72. The van der Waals surface area contributed by atoms with E-state index in [1.807, 2.05) is 30.5 Å². The zero-order chi connectivity index (χ0) is 17.9. The van der Waals surface area contributed by atoms with Gasteiger partial charge in [-0.3, -0.25) is 9.52 Å². The lowest BCUT2D eigenvalue weighted by Crippen LogP contribution is -2.25. The van der Waals surface area contributed by atoms with Crippen molar-refractivity contribution in [3.8, 4) is 0 Å². The third-order valence-electron chi connectivity index (χ3n) is 3.78. The Bertz CT molecular complexity index is 1010. The summed E-state index contributed by atoms with van der Waals surface area (Å²) in [5, 5.41) is 4.01. The summed E-state index contributed by atoms with van der Waals surface area (Å²) in [4.78, 5) is 15.5. The Morgan fingerprint density at radius 3 is 2.72 bits per heavy atom. The van der Waals surface area contributed by atoms with Crippen molar-refractivity contribution in [2.45, 2.75) is 6.42 Å². The largest absolute Gasteiger partial charge is 0.361 e. The number of carbonyl (C=O) groups excluding carboxylic acids is 1. The Morgan fingerprint density at radius 1 is 1.12 bits per heavy atom. The van der Waals surface area contributed by atoms with Gasteiger partial charge in [0.05, 0.1) is 6.26 Å². The Morgan fingerprint density at radius 2 is 1.92 bits per heavy atom. The molecule has 25 heavy (non-hydrogen) atoms. The number of H-pyrrole nitrogens is 1. The van der Waals surface area contributed by atoms with Crippen LogP contribution in [0.15, 0.2) is 54.7 Å². The van der Waals surface area contributed by atoms with Crippen LogP contribution < -0.4 is 10.0 Å². The lowest BCUT2D eigenvalue weighted by molar-refractivity contribution is 0.0954. The highest BCUT2D eigenvalue weighted by molar-refractivity contribution is 7.92. The van der Waals surface area contributed by atoms with Crippen LogP contribution in [0.1, 0.15) is 15.9 Å². The molecule has 0 saturated carbocycles. The van der Waals surface area contributed by atoms with Crippen LogP contribution in [-0.2, 0) is 16.4 Å². The van der Waals surface area contributed by atoms with Gasteiger partial charge in [-0.1, -0.05) is 24.3 Å². The Hall–Kier alpha value is -2.80. The van der Waals surface area contributed by atoms with Crippen LogP contribution in [0.5, 0.6) is 0 Å². The fraction of sp³-hybridized carbons (Fsp3) is 0.167. The topological polar surface area (TPSA) is 91.1 Å². The molecule has 0 radical (unpaired) electrons. The van der Waals surface area contributed by atoms with Crippen LogP contribution in [0.25, 0.3) is 10.9 Å². The van der Waals surface area contributed by atoms with Gasteiger partial charge in [-0.25, -0.2) is 8.42 Å². The molecule has 1 amide bonds. The molecule has 3 aromatic rings. The number of amides is 1. The molecule has 0 saturated heterocycles. The molecule has 3 rings (SSSR count). The zero-order valence-electron chi connectivity index (χ0n) is 13.7. The van der Waals surface area contributed by atoms with Crippen molar-refractivity contribution < 1.29 is 13.2 Å². The maximum absolute atomic E-state index is 12.3. The number of aromatic nitrogens is 1. The SMILES string of the molecule is CS(=O)(=O)Nc1cccc(C(=O)NCCc2c[nH]c3ccccc23)c1. The van der Waals surface area contributed by atoms with Crippen LogP contribution in [0.2, 0.25) is 0 Å². The molecule has 0 atom stereocenters. The van der Waals surface area contributed by atoms with E-state index in [-0.39, 0.29) is 5.91 Å². The number of para-hydroxylation sites is 1. The van der Waals surface area contributed by atoms with E-state index in [0.717, 1.165) is 22.7 Å². The molecule has 2 aromatic carbocycles. The Labute approximate surface area is 146 Å². The van der Waals surface area contributed by atoms with E-state index >= 15 is 0 Å². The third-order valence-corrected chi connectivity index (χ3v) is 4.39. The number of hydrogen-bond acceptors (Lipinski definition) is 3. The van der Waals surface area contributed by atoms with E-state index in [2.05, 4.69) is 15.0 Å². The van der Waals surface area contributed by atoms with E-state index in [1.54, 1.807) is 18.2 Å². The van der Waals surface area contributed by atoms with Crippen molar-refractivity contribution in [1.29, 1.82) is 0 Å². The molecule has 0 bridgehead atoms. The lowest BCUT2D eigenvalue weighted by Gasteiger charge is -2.08. The van der Waals surface area contributed by atoms with Gasteiger partial charge < -0.3 is 10.3 Å². The van der Waals surface area contributed by atoms with Crippen molar-refractivity contribution in [3.63, 3.8) is 0 Å². The average molecular weight is 357 g/mol. The van der Waals surface area contributed by atoms with Crippen LogP contribution in [0.4, 0.5) is 5.69 Å². The van der Waals surface area contributed by atoms with Gasteiger partial charge in [-0.05, 0) is 36.2 Å². The molecule has 0 aliphatic heterocycles. The van der Waals surface area contributed by atoms with Gasteiger partial charge in [0.25, 0.3) is 5.91 Å². The number of hydrogen-bond donors (Lipinski definition) is 3. The van der Waals surface area contributed by atoms with Crippen LogP contribution >= 0.6 is 0 Å². The summed E-state index contributed by atoms with van der Waals surface area (Å²) in [6.07, 6.45) is 3.73. The summed E-state index contributed by atoms with van der Waals surface area (Å²) in [6, 6.07) is 14.4. The predicted molar refractivity (Wildman–Crippen MR) is 99.2 cm³/mol. The number of nitrogens with one attached hydrogen (secondary N) is 3. The second-order valence-corrected chi connectivity index (χ2v) is 7.57. The van der Waals surface area contributed by atoms with Crippen LogP contribution in [-0.4, -0.2) is 32.1 Å². The number of benzene rings is 2. The minimum absolute atomic E-state index is 0.239. The summed E-state index contributed by atoms with van der Waals surface area (Å²) in [6.45, 7) is 0.490. The van der Waals surface area contributed by atoms with Gasteiger partial charge in [-0.15, -0.1) is 0 Å². The molecule has 1 heterocycles. The highest BCUT2D eigenvalue weighted by Crippen LogP contribution is 2.18. The highest BCUT2D eigenvalue weighted by atomic mass is 32.2. The van der Waals surface area contributed by atoms with E-state index in [4.69, 9.17) is 0 Å². The van der Waals surface area contributed by atoms with Crippen LogP contribution in [0.3, 0.4) is 0 Å². The van der Waals surface area contributed by atoms with Crippen molar-refractivity contribution >= 4 is 32.5 Å². The summed E-state index contributed by atoms with van der Waals surface area (Å²) in [5.41, 5.74) is 2.99. The Balaban J connectivity index is 1.62. The normalized spacial score (nSPS) is 11.4. The molecule has 0 spiro atoms. The third kappa shape index (κ3) is 4.39. The van der Waals surface area contributed by atoms with Crippen molar-refractivity contribution in [2.75, 3.05) is 17.5 Å². The number of aromatic amines is 1. The van der Waals surface area contributed by atoms with Gasteiger partial charge in [0, 0.05) is 34.9 Å². The quantitative estimate of drug-likeness (QED) is 0.633. The number of sulfonamides is 1. The monoisotopic (exact) mass is 357 g/mol. The molecule has 3 N–H and O–H groups in total. The Kier molecular flexibility index (Phi) is 4.76. The minimum Gasteiger partial charge on any atom is -0.361 e. The molecule has 0 unspecified atom stereocenters. The van der Waals surface area contributed by atoms with Crippen molar-refractivity contribution in [1.82, 2.24) is 10.3 Å². The fourth-order valence-corrected chi connectivity index (χ4v) is 3.24. The number of rotatable bonds is 6. The summed E-state index contributed by atoms with van der Waals surface area (Å²) in [5.74, 6) is -0.239. The molecule has 7 heteroatoms. The molecule has 6 nitrogen and oxygen atoms in total. The standard InChI is InChI=1S/C18H19N3O3S/c1-25(23,24)21-15-6-4-5-13(11-15)18(22)19-10-9-14-12-20-17-8-3-2-7-16(14)17/h2-8,11-12,20-21H,9-10H2,1H3,(H,19,22). The number of anilines is 1. The summed E-state index contributed by atoms with van der Waals surface area (Å²) in [7, 11) is -3.37. The highest BCUT2D eigenvalue weighted by Gasteiger charge is 2.09. The second kappa shape index (κ2) is 6.98. The molecular formula is C18H19N3O3S. The second-order valence-electron chi connectivity index (χ2n) is 5.82. The maximum Gasteiger partial charge on any atom is 0.251 e. The lowest BCUT2D eigenvalue weighted by atomic mass is 10.1. The molecule has 130 valence electrons. The molecule has 0 aliphatic carbocycles. The zero-order valence-corrected chi connectivity index (χ0v) is 14.6. The van der Waals surface area contributed by atoms with Crippen molar-refractivity contribution in [2.24, 2.45) is 0 Å². The fourth-order valence-electron chi connectivity index (χ4n) is 2.69. The van der Waals surface area contributed by atoms with Crippen LogP contribution in [0, 0.1) is 0 Å². The first kappa shape index (κ1) is 17.0. The minimum atomic E-state index is -3.37. The predicted octanol–water partition coefficient (Wildman–Crippen LogP) is 2.51. The summed E-state index contributed by atoms with van der Waals surface area (Å²) < 4.78 is 24.9. The van der Waals surface area contributed by atoms with E-state index in [9.17, 15) is 13.2 Å². The van der Waals surface area contributed by atoms with E-state index < -0.39 is 10.0 Å². The average Bonchev–Trinajstić information content (AvgIpc) is 2.97. The number of carbonyl (C=O) groups is 1. The first-order valence-electron chi connectivity index (χ1n) is 7.83. The van der Waals surface area contributed by atoms with Gasteiger partial charge in [0.1, 0.15) is 0 Å². The molecular weight excluding hydrogens is 338 g/mol. The number of fused-ring (bicyclic) bond motifs is 1. The molecule has 0 fully saturated rings. The molecule has 1 aromatic heterocycles. The maximum atomic E-state index is 12.3.